The normalized spacial score (nSPS) is 20.0. The maximum atomic E-state index is 8.99. The smallest absolute Gasteiger partial charge is 0.157 e. The molecule has 2 heterocycles. The summed E-state index contributed by atoms with van der Waals surface area (Å²) < 4.78 is 4.01. The molecule has 5 nitrogen and oxygen atoms in total. The molecule has 1 aliphatic heterocycles. The van der Waals surface area contributed by atoms with Gasteiger partial charge in [0.05, 0.1) is 0 Å². The van der Waals surface area contributed by atoms with Crippen LogP contribution in [0.3, 0.4) is 0 Å². The van der Waals surface area contributed by atoms with Crippen molar-refractivity contribution in [2.24, 2.45) is 5.92 Å². The average molecular weight is 238 g/mol. The maximum Gasteiger partial charge on any atom is 0.157 e. The van der Waals surface area contributed by atoms with Gasteiger partial charge < -0.3 is 15.7 Å². The first-order valence-electron chi connectivity index (χ1n) is 5.27. The van der Waals surface area contributed by atoms with E-state index < -0.39 is 0 Å². The van der Waals surface area contributed by atoms with Crippen molar-refractivity contribution in [3.63, 3.8) is 0 Å². The summed E-state index contributed by atoms with van der Waals surface area (Å²) in [5.74, 6) is 0.841. The molecule has 0 saturated carbocycles. The number of hydrogen-bond donors (Lipinski definition) is 2. The number of aromatic nitrogens is 1. The van der Waals surface area contributed by atoms with E-state index in [4.69, 9.17) is 16.1 Å². The minimum Gasteiger partial charge on any atom is -0.396 e. The average Bonchev–Trinajstić information content (AvgIpc) is 2.85. The number of rotatable bonds is 3. The van der Waals surface area contributed by atoms with Crippen LogP contribution in [0.2, 0.25) is 0 Å². The Labute approximate surface area is 98.3 Å². The van der Waals surface area contributed by atoms with E-state index in [0.717, 1.165) is 30.9 Å². The molecule has 0 aromatic carbocycles. The van der Waals surface area contributed by atoms with Gasteiger partial charge in [-0.05, 0) is 30.3 Å². The van der Waals surface area contributed by atoms with Crippen LogP contribution < -0.4 is 10.6 Å². The highest BCUT2D eigenvalue weighted by atomic mass is 32.1. The fourth-order valence-corrected chi connectivity index (χ4v) is 2.85. The summed E-state index contributed by atoms with van der Waals surface area (Å²) in [6.07, 6.45) is 1.88. The summed E-state index contributed by atoms with van der Waals surface area (Å²) in [7, 11) is 0. The van der Waals surface area contributed by atoms with Gasteiger partial charge in [-0.3, -0.25) is 0 Å². The fourth-order valence-electron chi connectivity index (χ4n) is 2.05. The van der Waals surface area contributed by atoms with E-state index in [1.165, 1.54) is 11.5 Å². The molecule has 0 radical (unpaired) electrons. The zero-order valence-corrected chi connectivity index (χ0v) is 9.70. The number of aliphatic hydroxyl groups excluding tert-OH is 1. The third-order valence-corrected chi connectivity index (χ3v) is 3.85. The predicted molar refractivity (Wildman–Crippen MR) is 63.3 cm³/mol. The van der Waals surface area contributed by atoms with Crippen molar-refractivity contribution in [1.82, 2.24) is 4.37 Å². The van der Waals surface area contributed by atoms with E-state index in [-0.39, 0.29) is 6.61 Å². The van der Waals surface area contributed by atoms with Crippen LogP contribution in [0, 0.1) is 17.2 Å². The second kappa shape index (κ2) is 4.68. The molecule has 1 unspecified atom stereocenters. The van der Waals surface area contributed by atoms with Crippen molar-refractivity contribution in [2.75, 3.05) is 30.3 Å². The monoisotopic (exact) mass is 238 g/mol. The van der Waals surface area contributed by atoms with Gasteiger partial charge in [0.2, 0.25) is 0 Å². The predicted octanol–water partition coefficient (Wildman–Crippen LogP) is 0.806. The first-order chi connectivity index (χ1) is 7.76. The van der Waals surface area contributed by atoms with Gasteiger partial charge in [-0.2, -0.15) is 9.64 Å². The van der Waals surface area contributed by atoms with Crippen molar-refractivity contribution in [3.8, 4) is 6.07 Å². The van der Waals surface area contributed by atoms with Gasteiger partial charge in [0.15, 0.2) is 5.82 Å². The summed E-state index contributed by atoms with van der Waals surface area (Å²) in [6.45, 7) is 2.03. The molecule has 0 bridgehead atoms. The van der Waals surface area contributed by atoms with Crippen LogP contribution in [-0.4, -0.2) is 29.2 Å². The standard InChI is InChI=1S/C10H14N4OS/c11-5-8-9(12)13-16-10(8)14-3-1-7(6-14)2-4-15/h7,15H,1-4,6H2,(H2,12,13). The lowest BCUT2D eigenvalue weighted by Gasteiger charge is -2.15. The number of nitrogens with zero attached hydrogens (tertiary/aromatic N) is 3. The highest BCUT2D eigenvalue weighted by molar-refractivity contribution is 7.10. The lowest BCUT2D eigenvalue weighted by atomic mass is 10.1. The van der Waals surface area contributed by atoms with Gasteiger partial charge in [0.1, 0.15) is 16.6 Å². The molecule has 1 fully saturated rings. The second-order valence-corrected chi connectivity index (χ2v) is 4.72. The van der Waals surface area contributed by atoms with E-state index in [2.05, 4.69) is 15.3 Å². The highest BCUT2D eigenvalue weighted by Crippen LogP contribution is 2.34. The van der Waals surface area contributed by atoms with Crippen LogP contribution in [0.15, 0.2) is 0 Å². The van der Waals surface area contributed by atoms with Crippen molar-refractivity contribution in [3.05, 3.63) is 5.56 Å². The Morgan fingerprint density at radius 2 is 2.50 bits per heavy atom. The minimum absolute atomic E-state index is 0.231. The highest BCUT2D eigenvalue weighted by Gasteiger charge is 2.26. The minimum atomic E-state index is 0.231. The van der Waals surface area contributed by atoms with Crippen molar-refractivity contribution < 1.29 is 5.11 Å². The summed E-state index contributed by atoms with van der Waals surface area (Å²) in [5.41, 5.74) is 6.12. The molecule has 16 heavy (non-hydrogen) atoms. The zero-order chi connectivity index (χ0) is 11.5. The zero-order valence-electron chi connectivity index (χ0n) is 8.89. The molecule has 1 aliphatic rings. The summed E-state index contributed by atoms with van der Waals surface area (Å²) in [6, 6.07) is 2.10. The topological polar surface area (TPSA) is 86.2 Å². The van der Waals surface area contributed by atoms with Crippen LogP contribution in [0.25, 0.3) is 0 Å². The summed E-state index contributed by atoms with van der Waals surface area (Å²) >= 11 is 1.28. The Kier molecular flexibility index (Phi) is 3.27. The van der Waals surface area contributed by atoms with Crippen LogP contribution in [0.1, 0.15) is 18.4 Å². The first kappa shape index (κ1) is 11.2. The van der Waals surface area contributed by atoms with Gasteiger partial charge in [0, 0.05) is 19.7 Å². The lowest BCUT2D eigenvalue weighted by molar-refractivity contribution is 0.263. The Morgan fingerprint density at radius 1 is 1.69 bits per heavy atom. The quantitative estimate of drug-likeness (QED) is 0.813. The third-order valence-electron chi connectivity index (χ3n) is 2.92. The molecular weight excluding hydrogens is 224 g/mol. The summed E-state index contributed by atoms with van der Waals surface area (Å²) in [5, 5.41) is 18.8. The Hall–Kier alpha value is -1.32. The molecule has 3 N–H and O–H groups in total. The van der Waals surface area contributed by atoms with Gasteiger partial charge in [-0.1, -0.05) is 0 Å². The van der Waals surface area contributed by atoms with Crippen LogP contribution in [0.5, 0.6) is 0 Å². The van der Waals surface area contributed by atoms with Crippen LogP contribution >= 0.6 is 11.5 Å². The molecule has 86 valence electrons. The van der Waals surface area contributed by atoms with E-state index in [0.29, 0.717) is 17.3 Å². The number of hydrogen-bond acceptors (Lipinski definition) is 6. The van der Waals surface area contributed by atoms with Gasteiger partial charge >= 0.3 is 0 Å². The van der Waals surface area contributed by atoms with E-state index in [1.54, 1.807) is 0 Å². The first-order valence-corrected chi connectivity index (χ1v) is 6.04. The maximum absolute atomic E-state index is 8.99. The van der Waals surface area contributed by atoms with Crippen LogP contribution in [-0.2, 0) is 0 Å². The molecular formula is C10H14N4OS. The molecule has 1 saturated heterocycles. The Balaban J connectivity index is 2.12. The lowest BCUT2D eigenvalue weighted by Crippen LogP contribution is -2.19. The third kappa shape index (κ3) is 1.96. The van der Waals surface area contributed by atoms with Crippen LogP contribution in [0.4, 0.5) is 10.8 Å². The number of anilines is 2. The number of nitrogen functional groups attached to an aromatic ring is 1. The van der Waals surface area contributed by atoms with Gasteiger partial charge in [-0.25, -0.2) is 0 Å². The van der Waals surface area contributed by atoms with Gasteiger partial charge in [0.25, 0.3) is 0 Å². The molecule has 6 heteroatoms. The van der Waals surface area contributed by atoms with Crippen molar-refractivity contribution >= 4 is 22.4 Å². The van der Waals surface area contributed by atoms with E-state index in [1.807, 2.05) is 0 Å². The molecule has 1 atom stereocenters. The van der Waals surface area contributed by atoms with E-state index in [9.17, 15) is 0 Å². The number of aliphatic hydroxyl groups is 1. The van der Waals surface area contributed by atoms with Crippen molar-refractivity contribution in [1.29, 1.82) is 5.26 Å². The molecule has 0 aliphatic carbocycles. The number of nitrogens with two attached hydrogens (primary N) is 1. The summed E-state index contributed by atoms with van der Waals surface area (Å²) in [4.78, 5) is 2.15. The molecule has 0 spiro atoms. The molecule has 0 amide bonds. The molecule has 1 aromatic rings. The largest absolute Gasteiger partial charge is 0.396 e. The molecule has 2 rings (SSSR count). The second-order valence-electron chi connectivity index (χ2n) is 3.97. The molecule has 1 aromatic heterocycles. The van der Waals surface area contributed by atoms with Crippen molar-refractivity contribution in [2.45, 2.75) is 12.8 Å². The van der Waals surface area contributed by atoms with E-state index >= 15 is 0 Å². The van der Waals surface area contributed by atoms with Gasteiger partial charge in [-0.15, -0.1) is 0 Å². The SMILES string of the molecule is N#Cc1c(N)nsc1N1CCC(CCO)C1. The Bertz CT molecular complexity index is 411. The Morgan fingerprint density at radius 3 is 3.19 bits per heavy atom. The number of nitriles is 1. The fraction of sp³-hybridized carbons (Fsp3) is 0.600.